The van der Waals surface area contributed by atoms with Crippen LogP contribution in [0.4, 0.5) is 0 Å². The molecule has 12 heavy (non-hydrogen) atoms. The lowest BCUT2D eigenvalue weighted by Crippen LogP contribution is -2.32. The van der Waals surface area contributed by atoms with Crippen LogP contribution in [0.3, 0.4) is 0 Å². The topological polar surface area (TPSA) is 101 Å². The Balaban J connectivity index is 4.23. The van der Waals surface area contributed by atoms with Gasteiger partial charge in [0, 0.05) is 5.41 Å². The van der Waals surface area contributed by atoms with Crippen molar-refractivity contribution >= 4 is 11.9 Å². The van der Waals surface area contributed by atoms with Crippen LogP contribution in [0.1, 0.15) is 19.8 Å². The maximum absolute atomic E-state index is 10.3. The first kappa shape index (κ1) is 10.9. The molecule has 0 heterocycles. The van der Waals surface area contributed by atoms with E-state index in [0.29, 0.717) is 0 Å². The van der Waals surface area contributed by atoms with Gasteiger partial charge in [-0.05, 0) is 6.54 Å². The van der Waals surface area contributed by atoms with E-state index in [1.807, 2.05) is 0 Å². The van der Waals surface area contributed by atoms with E-state index in [1.165, 1.54) is 0 Å². The zero-order valence-corrected chi connectivity index (χ0v) is 6.91. The van der Waals surface area contributed by atoms with Gasteiger partial charge in [0.25, 0.3) is 0 Å². The summed E-state index contributed by atoms with van der Waals surface area (Å²) in [6.45, 7) is 1.61. The molecule has 0 amide bonds. The van der Waals surface area contributed by atoms with Crippen LogP contribution in [-0.4, -0.2) is 28.7 Å². The zero-order chi connectivity index (χ0) is 9.78. The average Bonchev–Trinajstić information content (AvgIpc) is 1.83. The smallest absolute Gasteiger partial charge is 0.303 e. The van der Waals surface area contributed by atoms with Crippen molar-refractivity contribution in [3.05, 3.63) is 0 Å². The Bertz CT molecular complexity index is 174. The molecule has 0 aromatic heterocycles. The average molecular weight is 175 g/mol. The van der Waals surface area contributed by atoms with Gasteiger partial charge in [-0.15, -0.1) is 0 Å². The van der Waals surface area contributed by atoms with Crippen LogP contribution in [0.15, 0.2) is 0 Å². The highest BCUT2D eigenvalue weighted by Crippen LogP contribution is 2.24. The van der Waals surface area contributed by atoms with Crippen molar-refractivity contribution in [3.8, 4) is 0 Å². The number of carbonyl (C=O) groups is 2. The minimum atomic E-state index is -1.02. The number of rotatable bonds is 5. The molecule has 0 atom stereocenters. The van der Waals surface area contributed by atoms with Crippen LogP contribution in [-0.2, 0) is 9.59 Å². The molecule has 70 valence electrons. The maximum atomic E-state index is 10.3. The Morgan fingerprint density at radius 1 is 1.25 bits per heavy atom. The number of hydrogen-bond donors (Lipinski definition) is 3. The minimum Gasteiger partial charge on any atom is -0.481 e. The van der Waals surface area contributed by atoms with Gasteiger partial charge in [-0.1, -0.05) is 6.92 Å². The molecule has 0 aliphatic heterocycles. The summed E-state index contributed by atoms with van der Waals surface area (Å²) >= 11 is 0. The Kier molecular flexibility index (Phi) is 3.69. The zero-order valence-electron chi connectivity index (χ0n) is 6.91. The van der Waals surface area contributed by atoms with Gasteiger partial charge in [0.05, 0.1) is 12.8 Å². The Morgan fingerprint density at radius 2 is 1.58 bits per heavy atom. The molecule has 0 unspecified atom stereocenters. The Morgan fingerprint density at radius 3 is 1.75 bits per heavy atom. The summed E-state index contributed by atoms with van der Waals surface area (Å²) in [7, 11) is 0. The highest BCUT2D eigenvalue weighted by Gasteiger charge is 2.28. The fourth-order valence-electron chi connectivity index (χ4n) is 0.937. The van der Waals surface area contributed by atoms with Crippen LogP contribution in [0.5, 0.6) is 0 Å². The lowest BCUT2D eigenvalue weighted by atomic mass is 9.83. The summed E-state index contributed by atoms with van der Waals surface area (Å²) < 4.78 is 0. The first-order chi connectivity index (χ1) is 5.39. The van der Waals surface area contributed by atoms with Gasteiger partial charge >= 0.3 is 11.9 Å². The lowest BCUT2D eigenvalue weighted by molar-refractivity contribution is -0.143. The number of carboxylic acids is 2. The van der Waals surface area contributed by atoms with E-state index in [-0.39, 0.29) is 19.4 Å². The van der Waals surface area contributed by atoms with Gasteiger partial charge in [-0.3, -0.25) is 9.59 Å². The molecule has 0 aromatic rings. The van der Waals surface area contributed by atoms with Gasteiger partial charge in [0.2, 0.25) is 0 Å². The molecule has 4 N–H and O–H groups in total. The minimum absolute atomic E-state index is 0.0611. The van der Waals surface area contributed by atoms with E-state index in [0.717, 1.165) is 0 Å². The second-order valence-electron chi connectivity index (χ2n) is 3.16. The number of hydrogen-bond acceptors (Lipinski definition) is 3. The standard InChI is InChI=1S/C7H13NO4/c1-7(4-8,2-5(9)10)3-6(11)12/h2-4,8H2,1H3,(H,9,10)(H,11,12). The normalized spacial score (nSPS) is 11.2. The molecule has 5 heteroatoms. The molecule has 0 spiro atoms. The second-order valence-corrected chi connectivity index (χ2v) is 3.16. The van der Waals surface area contributed by atoms with Crippen LogP contribution in [0.2, 0.25) is 0 Å². The maximum Gasteiger partial charge on any atom is 0.303 e. The third-order valence-corrected chi connectivity index (χ3v) is 1.65. The summed E-state index contributed by atoms with van der Waals surface area (Å²) in [6, 6.07) is 0. The molecule has 0 aliphatic carbocycles. The number of aliphatic carboxylic acids is 2. The molecular formula is C7H13NO4. The molecule has 0 saturated heterocycles. The van der Waals surface area contributed by atoms with Gasteiger partial charge in [-0.2, -0.15) is 0 Å². The van der Waals surface area contributed by atoms with E-state index < -0.39 is 17.4 Å². The highest BCUT2D eigenvalue weighted by atomic mass is 16.4. The summed E-state index contributed by atoms with van der Waals surface area (Å²) in [5.74, 6) is -2.05. The quantitative estimate of drug-likeness (QED) is 0.541. The van der Waals surface area contributed by atoms with Gasteiger partial charge in [0.1, 0.15) is 0 Å². The Hall–Kier alpha value is -1.10. The van der Waals surface area contributed by atoms with Crippen molar-refractivity contribution in [2.75, 3.05) is 6.54 Å². The molecule has 0 fully saturated rings. The van der Waals surface area contributed by atoms with Gasteiger partial charge in [0.15, 0.2) is 0 Å². The fourth-order valence-corrected chi connectivity index (χ4v) is 0.937. The van der Waals surface area contributed by atoms with E-state index in [4.69, 9.17) is 15.9 Å². The van der Waals surface area contributed by atoms with Crippen molar-refractivity contribution in [2.45, 2.75) is 19.8 Å². The van der Waals surface area contributed by atoms with Crippen molar-refractivity contribution in [2.24, 2.45) is 11.1 Å². The summed E-state index contributed by atoms with van der Waals surface area (Å²) in [5, 5.41) is 16.9. The van der Waals surface area contributed by atoms with Crippen LogP contribution < -0.4 is 5.73 Å². The van der Waals surface area contributed by atoms with Crippen molar-refractivity contribution in [1.82, 2.24) is 0 Å². The van der Waals surface area contributed by atoms with Crippen molar-refractivity contribution < 1.29 is 19.8 Å². The highest BCUT2D eigenvalue weighted by molar-refractivity contribution is 5.71. The van der Waals surface area contributed by atoms with Crippen LogP contribution in [0.25, 0.3) is 0 Å². The summed E-state index contributed by atoms with van der Waals surface area (Å²) in [5.41, 5.74) is 4.44. The molecule has 0 radical (unpaired) electrons. The molecule has 0 saturated carbocycles. The molecule has 5 nitrogen and oxygen atoms in total. The summed E-state index contributed by atoms with van der Waals surface area (Å²) in [4.78, 5) is 20.6. The molecule has 0 aromatic carbocycles. The first-order valence-electron chi connectivity index (χ1n) is 3.53. The largest absolute Gasteiger partial charge is 0.481 e. The number of nitrogens with two attached hydrogens (primary N) is 1. The van der Waals surface area contributed by atoms with Crippen molar-refractivity contribution in [3.63, 3.8) is 0 Å². The van der Waals surface area contributed by atoms with E-state index in [9.17, 15) is 9.59 Å². The van der Waals surface area contributed by atoms with E-state index >= 15 is 0 Å². The second kappa shape index (κ2) is 4.06. The van der Waals surface area contributed by atoms with E-state index in [1.54, 1.807) is 6.92 Å². The first-order valence-corrected chi connectivity index (χ1v) is 3.53. The number of carboxylic acid groups (broad SMARTS) is 2. The SMILES string of the molecule is CC(CN)(CC(=O)O)CC(=O)O. The van der Waals surface area contributed by atoms with Crippen LogP contribution >= 0.6 is 0 Å². The summed E-state index contributed by atoms with van der Waals surface area (Å²) in [6.07, 6.45) is -0.425. The third kappa shape index (κ3) is 3.92. The molecule has 0 rings (SSSR count). The molecule has 0 bridgehead atoms. The van der Waals surface area contributed by atoms with E-state index in [2.05, 4.69) is 0 Å². The predicted octanol–water partition coefficient (Wildman–Crippen LogP) is -0.0992. The predicted molar refractivity (Wildman–Crippen MR) is 41.7 cm³/mol. The Labute approximate surface area is 70.2 Å². The third-order valence-electron chi connectivity index (χ3n) is 1.65. The monoisotopic (exact) mass is 175 g/mol. The van der Waals surface area contributed by atoms with Crippen molar-refractivity contribution in [1.29, 1.82) is 0 Å². The van der Waals surface area contributed by atoms with Gasteiger partial charge < -0.3 is 15.9 Å². The lowest BCUT2D eigenvalue weighted by Gasteiger charge is -2.23. The van der Waals surface area contributed by atoms with Crippen LogP contribution in [0, 0.1) is 5.41 Å². The molecule has 0 aliphatic rings. The molecular weight excluding hydrogens is 162 g/mol. The van der Waals surface area contributed by atoms with Gasteiger partial charge in [-0.25, -0.2) is 0 Å². The fraction of sp³-hybridized carbons (Fsp3) is 0.714.